The molecule has 0 fully saturated rings. The Morgan fingerprint density at radius 3 is 1.95 bits per heavy atom. The van der Waals surface area contributed by atoms with Gasteiger partial charge in [-0.05, 0) is 58.1 Å². The molecule has 120 valence electrons. The first kappa shape index (κ1) is 18.0. The molecular weight excluding hydrogens is 256 g/mol. The SMILES string of the molecule is CCN(CC(CC)(CC)CNC(C)(C)C)c1ccccc1. The van der Waals surface area contributed by atoms with E-state index in [-0.39, 0.29) is 5.54 Å². The molecule has 0 heterocycles. The van der Waals surface area contributed by atoms with E-state index in [4.69, 9.17) is 0 Å². The number of nitrogens with zero attached hydrogens (tertiary/aromatic N) is 1. The van der Waals surface area contributed by atoms with Crippen molar-refractivity contribution in [3.05, 3.63) is 30.3 Å². The van der Waals surface area contributed by atoms with Crippen molar-refractivity contribution in [2.75, 3.05) is 24.5 Å². The standard InChI is InChI=1S/C19H34N2/c1-7-19(8-2,15-20-18(4,5)6)16-21(9-3)17-13-11-10-12-14-17/h10-14,20H,7-9,15-16H2,1-6H3. The van der Waals surface area contributed by atoms with Crippen LogP contribution in [0.3, 0.4) is 0 Å². The summed E-state index contributed by atoms with van der Waals surface area (Å²) in [6.07, 6.45) is 2.41. The van der Waals surface area contributed by atoms with E-state index in [1.807, 2.05) is 0 Å². The molecule has 0 saturated carbocycles. The average molecular weight is 290 g/mol. The van der Waals surface area contributed by atoms with Crippen molar-refractivity contribution in [2.24, 2.45) is 5.41 Å². The van der Waals surface area contributed by atoms with Crippen molar-refractivity contribution in [1.29, 1.82) is 0 Å². The normalized spacial score (nSPS) is 12.5. The number of anilines is 1. The maximum atomic E-state index is 3.72. The van der Waals surface area contributed by atoms with Crippen molar-refractivity contribution in [2.45, 2.75) is 59.9 Å². The number of nitrogens with one attached hydrogen (secondary N) is 1. The molecule has 21 heavy (non-hydrogen) atoms. The van der Waals surface area contributed by atoms with Crippen molar-refractivity contribution in [1.82, 2.24) is 5.32 Å². The summed E-state index contributed by atoms with van der Waals surface area (Å²) in [7, 11) is 0. The molecule has 1 rings (SSSR count). The van der Waals surface area contributed by atoms with E-state index >= 15 is 0 Å². The largest absolute Gasteiger partial charge is 0.371 e. The van der Waals surface area contributed by atoms with Gasteiger partial charge in [0.25, 0.3) is 0 Å². The van der Waals surface area contributed by atoms with Crippen molar-refractivity contribution >= 4 is 5.69 Å². The fraction of sp³-hybridized carbons (Fsp3) is 0.684. The van der Waals surface area contributed by atoms with E-state index in [0.717, 1.165) is 19.6 Å². The zero-order chi connectivity index (χ0) is 15.9. The molecule has 0 aliphatic rings. The molecular formula is C19H34N2. The van der Waals surface area contributed by atoms with E-state index in [2.05, 4.69) is 82.1 Å². The number of hydrogen-bond acceptors (Lipinski definition) is 2. The second kappa shape index (κ2) is 7.84. The van der Waals surface area contributed by atoms with E-state index in [0.29, 0.717) is 5.41 Å². The molecule has 0 radical (unpaired) electrons. The Morgan fingerprint density at radius 1 is 0.952 bits per heavy atom. The molecule has 0 amide bonds. The Kier molecular flexibility index (Phi) is 6.73. The summed E-state index contributed by atoms with van der Waals surface area (Å²) in [5.41, 5.74) is 1.85. The van der Waals surface area contributed by atoms with Gasteiger partial charge in [-0.25, -0.2) is 0 Å². The maximum absolute atomic E-state index is 3.72. The zero-order valence-corrected chi connectivity index (χ0v) is 14.9. The maximum Gasteiger partial charge on any atom is 0.0366 e. The minimum atomic E-state index is 0.180. The molecule has 1 aromatic carbocycles. The molecule has 1 aromatic rings. The number of hydrogen-bond donors (Lipinski definition) is 1. The van der Waals surface area contributed by atoms with Gasteiger partial charge in [-0.1, -0.05) is 32.0 Å². The summed E-state index contributed by atoms with van der Waals surface area (Å²) < 4.78 is 0. The van der Waals surface area contributed by atoms with Gasteiger partial charge in [-0.2, -0.15) is 0 Å². The fourth-order valence-corrected chi connectivity index (χ4v) is 2.66. The van der Waals surface area contributed by atoms with Crippen LogP contribution in [0, 0.1) is 5.41 Å². The molecule has 0 atom stereocenters. The van der Waals surface area contributed by atoms with Gasteiger partial charge in [-0.3, -0.25) is 0 Å². The minimum Gasteiger partial charge on any atom is -0.371 e. The predicted molar refractivity (Wildman–Crippen MR) is 95.1 cm³/mol. The second-order valence-electron chi connectivity index (χ2n) is 7.16. The van der Waals surface area contributed by atoms with Crippen LogP contribution in [0.2, 0.25) is 0 Å². The number of para-hydroxylation sites is 1. The highest BCUT2D eigenvalue weighted by atomic mass is 15.1. The molecule has 0 saturated heterocycles. The van der Waals surface area contributed by atoms with Crippen LogP contribution < -0.4 is 10.2 Å². The first-order chi connectivity index (χ1) is 9.86. The summed E-state index contributed by atoms with van der Waals surface area (Å²) >= 11 is 0. The van der Waals surface area contributed by atoms with Crippen LogP contribution in [0.5, 0.6) is 0 Å². The van der Waals surface area contributed by atoms with Crippen LogP contribution in [0.1, 0.15) is 54.4 Å². The van der Waals surface area contributed by atoms with Crippen LogP contribution >= 0.6 is 0 Å². The summed E-state index contributed by atoms with van der Waals surface area (Å²) in [5, 5.41) is 3.72. The van der Waals surface area contributed by atoms with Crippen molar-refractivity contribution in [3.63, 3.8) is 0 Å². The van der Waals surface area contributed by atoms with Gasteiger partial charge in [0.2, 0.25) is 0 Å². The van der Waals surface area contributed by atoms with E-state index in [1.54, 1.807) is 0 Å². The lowest BCUT2D eigenvalue weighted by atomic mass is 9.80. The van der Waals surface area contributed by atoms with Gasteiger partial charge < -0.3 is 10.2 Å². The minimum absolute atomic E-state index is 0.180. The second-order valence-corrected chi connectivity index (χ2v) is 7.16. The summed E-state index contributed by atoms with van der Waals surface area (Å²) in [6, 6.07) is 10.8. The number of benzene rings is 1. The molecule has 0 spiro atoms. The van der Waals surface area contributed by atoms with Gasteiger partial charge in [0.05, 0.1) is 0 Å². The third-order valence-corrected chi connectivity index (χ3v) is 4.52. The van der Waals surface area contributed by atoms with Crippen molar-refractivity contribution in [3.8, 4) is 0 Å². The first-order valence-corrected chi connectivity index (χ1v) is 8.41. The van der Waals surface area contributed by atoms with Crippen molar-refractivity contribution < 1.29 is 0 Å². The van der Waals surface area contributed by atoms with Gasteiger partial charge in [0.15, 0.2) is 0 Å². The summed E-state index contributed by atoms with van der Waals surface area (Å²) in [6.45, 7) is 16.9. The summed E-state index contributed by atoms with van der Waals surface area (Å²) in [4.78, 5) is 2.51. The van der Waals surface area contributed by atoms with E-state index in [1.165, 1.54) is 18.5 Å². The van der Waals surface area contributed by atoms with Gasteiger partial charge in [-0.15, -0.1) is 0 Å². The van der Waals surface area contributed by atoms with E-state index in [9.17, 15) is 0 Å². The topological polar surface area (TPSA) is 15.3 Å². The van der Waals surface area contributed by atoms with Crippen LogP contribution in [0.25, 0.3) is 0 Å². The highest BCUT2D eigenvalue weighted by molar-refractivity contribution is 5.46. The van der Waals surface area contributed by atoms with Crippen LogP contribution in [-0.4, -0.2) is 25.2 Å². The van der Waals surface area contributed by atoms with Crippen LogP contribution in [0.15, 0.2) is 30.3 Å². The molecule has 2 heteroatoms. The Balaban J connectivity index is 2.84. The van der Waals surface area contributed by atoms with Gasteiger partial charge >= 0.3 is 0 Å². The molecule has 0 aromatic heterocycles. The lowest BCUT2D eigenvalue weighted by Gasteiger charge is -2.40. The third-order valence-electron chi connectivity index (χ3n) is 4.52. The molecule has 0 aliphatic heterocycles. The quantitative estimate of drug-likeness (QED) is 0.746. The zero-order valence-electron chi connectivity index (χ0n) is 14.9. The summed E-state index contributed by atoms with van der Waals surface area (Å²) in [5.74, 6) is 0. The third kappa shape index (κ3) is 5.70. The Hall–Kier alpha value is -1.02. The average Bonchev–Trinajstić information content (AvgIpc) is 2.48. The Morgan fingerprint density at radius 2 is 1.52 bits per heavy atom. The highest BCUT2D eigenvalue weighted by Crippen LogP contribution is 2.29. The molecule has 2 nitrogen and oxygen atoms in total. The monoisotopic (exact) mass is 290 g/mol. The van der Waals surface area contributed by atoms with Crippen LogP contribution in [-0.2, 0) is 0 Å². The Labute approximate surface area is 131 Å². The molecule has 0 bridgehead atoms. The number of rotatable bonds is 8. The Bertz CT molecular complexity index is 388. The first-order valence-electron chi connectivity index (χ1n) is 8.41. The lowest BCUT2D eigenvalue weighted by molar-refractivity contribution is 0.226. The molecule has 0 unspecified atom stereocenters. The lowest BCUT2D eigenvalue weighted by Crippen LogP contribution is -2.48. The van der Waals surface area contributed by atoms with Gasteiger partial charge in [0, 0.05) is 30.9 Å². The van der Waals surface area contributed by atoms with Gasteiger partial charge in [0.1, 0.15) is 0 Å². The van der Waals surface area contributed by atoms with E-state index < -0.39 is 0 Å². The van der Waals surface area contributed by atoms with Crippen LogP contribution in [0.4, 0.5) is 5.69 Å². The predicted octanol–water partition coefficient (Wildman–Crippen LogP) is 4.71. The highest BCUT2D eigenvalue weighted by Gasteiger charge is 2.30. The fourth-order valence-electron chi connectivity index (χ4n) is 2.66. The molecule has 0 aliphatic carbocycles. The smallest absolute Gasteiger partial charge is 0.0366 e. The molecule has 1 N–H and O–H groups in total.